The largest absolute Gasteiger partial charge is 0.332 e. The standard InChI is InChI=1S/C23H24N4O3/c1-16-10-11-20(14-17(16)2)25(13-7-12-24)21(28)15-26-22(29)18(3)27(23(26)30)19-8-5-4-6-9-19/h4-6,8-11,14,18H,7,13,15H2,1-3H3. The van der Waals surface area contributed by atoms with E-state index >= 15 is 0 Å². The molecule has 30 heavy (non-hydrogen) atoms. The first-order valence-electron chi connectivity index (χ1n) is 9.79. The zero-order valence-corrected chi connectivity index (χ0v) is 17.3. The molecule has 7 heteroatoms. The highest BCUT2D eigenvalue weighted by atomic mass is 16.2. The summed E-state index contributed by atoms with van der Waals surface area (Å²) in [5.74, 6) is -0.824. The van der Waals surface area contributed by atoms with Crippen molar-refractivity contribution in [1.82, 2.24) is 4.90 Å². The van der Waals surface area contributed by atoms with E-state index in [1.54, 1.807) is 31.2 Å². The fraction of sp³-hybridized carbons (Fsp3) is 0.304. The van der Waals surface area contributed by atoms with Gasteiger partial charge in [-0.2, -0.15) is 5.26 Å². The second kappa shape index (κ2) is 8.78. The molecule has 0 N–H and O–H groups in total. The predicted molar refractivity (Wildman–Crippen MR) is 114 cm³/mol. The summed E-state index contributed by atoms with van der Waals surface area (Å²) in [5.41, 5.74) is 3.35. The van der Waals surface area contributed by atoms with Gasteiger partial charge in [-0.05, 0) is 56.2 Å². The fourth-order valence-electron chi connectivity index (χ4n) is 3.47. The van der Waals surface area contributed by atoms with Crippen molar-refractivity contribution in [1.29, 1.82) is 5.26 Å². The normalized spacial score (nSPS) is 16.0. The molecule has 0 bridgehead atoms. The smallest absolute Gasteiger partial charge is 0.310 e. The van der Waals surface area contributed by atoms with Crippen LogP contribution in [0.15, 0.2) is 48.5 Å². The van der Waals surface area contributed by atoms with Crippen molar-refractivity contribution in [3.63, 3.8) is 0 Å². The van der Waals surface area contributed by atoms with Gasteiger partial charge in [-0.3, -0.25) is 19.4 Å². The quantitative estimate of drug-likeness (QED) is 0.691. The van der Waals surface area contributed by atoms with E-state index in [1.165, 1.54) is 9.80 Å². The van der Waals surface area contributed by atoms with Crippen LogP contribution in [0.5, 0.6) is 0 Å². The van der Waals surface area contributed by atoms with Gasteiger partial charge in [0.1, 0.15) is 12.6 Å². The molecule has 1 fully saturated rings. The zero-order valence-electron chi connectivity index (χ0n) is 17.3. The number of nitriles is 1. The van der Waals surface area contributed by atoms with E-state index in [9.17, 15) is 14.4 Å². The fourth-order valence-corrected chi connectivity index (χ4v) is 3.47. The second-order valence-corrected chi connectivity index (χ2v) is 7.31. The molecule has 1 unspecified atom stereocenters. The first-order chi connectivity index (χ1) is 14.3. The lowest BCUT2D eigenvalue weighted by atomic mass is 10.1. The summed E-state index contributed by atoms with van der Waals surface area (Å²) in [6, 6.07) is 15.3. The van der Waals surface area contributed by atoms with Crippen molar-refractivity contribution in [3.05, 3.63) is 59.7 Å². The molecule has 1 saturated heterocycles. The lowest BCUT2D eigenvalue weighted by Crippen LogP contribution is -2.44. The number of benzene rings is 2. The van der Waals surface area contributed by atoms with E-state index in [0.29, 0.717) is 11.4 Å². The minimum absolute atomic E-state index is 0.146. The number of anilines is 2. The monoisotopic (exact) mass is 404 g/mol. The number of imide groups is 1. The average molecular weight is 404 g/mol. The van der Waals surface area contributed by atoms with E-state index in [1.807, 2.05) is 44.2 Å². The number of carbonyl (C=O) groups excluding carboxylic acids is 3. The SMILES string of the molecule is Cc1ccc(N(CCC#N)C(=O)CN2C(=O)C(C)N(c3ccccc3)C2=O)cc1C. The number of para-hydroxylation sites is 1. The van der Waals surface area contributed by atoms with Gasteiger partial charge in [-0.1, -0.05) is 24.3 Å². The molecule has 3 rings (SSSR count). The first-order valence-corrected chi connectivity index (χ1v) is 9.79. The van der Waals surface area contributed by atoms with E-state index < -0.39 is 23.9 Å². The number of amides is 4. The van der Waals surface area contributed by atoms with Crippen LogP contribution >= 0.6 is 0 Å². The maximum absolute atomic E-state index is 13.1. The van der Waals surface area contributed by atoms with Crippen molar-refractivity contribution in [2.75, 3.05) is 22.9 Å². The summed E-state index contributed by atoms with van der Waals surface area (Å²) in [5, 5.41) is 8.99. The maximum Gasteiger partial charge on any atom is 0.332 e. The van der Waals surface area contributed by atoms with Crippen LogP contribution in [-0.2, 0) is 9.59 Å². The number of rotatable bonds is 6. The Balaban J connectivity index is 1.84. The summed E-state index contributed by atoms with van der Waals surface area (Å²) in [4.78, 5) is 42.6. The molecular formula is C23H24N4O3. The van der Waals surface area contributed by atoms with Crippen molar-refractivity contribution in [3.8, 4) is 6.07 Å². The second-order valence-electron chi connectivity index (χ2n) is 7.31. The van der Waals surface area contributed by atoms with Crippen LogP contribution in [-0.4, -0.2) is 41.9 Å². The third-order valence-corrected chi connectivity index (χ3v) is 5.33. The van der Waals surface area contributed by atoms with E-state index in [0.717, 1.165) is 16.0 Å². The molecule has 0 spiro atoms. The predicted octanol–water partition coefficient (Wildman–Crippen LogP) is 3.41. The summed E-state index contributed by atoms with van der Waals surface area (Å²) in [6.07, 6.45) is 0.146. The molecule has 4 amide bonds. The molecule has 1 atom stereocenters. The van der Waals surface area contributed by atoms with Gasteiger partial charge < -0.3 is 4.90 Å². The average Bonchev–Trinajstić information content (AvgIpc) is 2.94. The highest BCUT2D eigenvalue weighted by molar-refractivity contribution is 6.16. The van der Waals surface area contributed by atoms with Gasteiger partial charge in [0.25, 0.3) is 5.91 Å². The molecule has 2 aromatic carbocycles. The third-order valence-electron chi connectivity index (χ3n) is 5.33. The van der Waals surface area contributed by atoms with Crippen LogP contribution in [0, 0.1) is 25.2 Å². The summed E-state index contributed by atoms with van der Waals surface area (Å²) in [6.45, 7) is 5.38. The van der Waals surface area contributed by atoms with Gasteiger partial charge >= 0.3 is 6.03 Å². The Bertz CT molecular complexity index is 1010. The molecule has 0 aliphatic carbocycles. The molecule has 1 heterocycles. The minimum atomic E-state index is -0.693. The topological polar surface area (TPSA) is 84.7 Å². The van der Waals surface area contributed by atoms with Crippen molar-refractivity contribution in [2.24, 2.45) is 0 Å². The number of urea groups is 1. The number of carbonyl (C=O) groups is 3. The molecule has 7 nitrogen and oxygen atoms in total. The lowest BCUT2D eigenvalue weighted by Gasteiger charge is -2.25. The highest BCUT2D eigenvalue weighted by Gasteiger charge is 2.44. The number of nitrogens with zero attached hydrogens (tertiary/aromatic N) is 4. The lowest BCUT2D eigenvalue weighted by molar-refractivity contribution is -0.131. The van der Waals surface area contributed by atoms with Crippen LogP contribution in [0.1, 0.15) is 24.5 Å². The van der Waals surface area contributed by atoms with Crippen molar-refractivity contribution in [2.45, 2.75) is 33.2 Å². The third kappa shape index (κ3) is 4.03. The Kier molecular flexibility index (Phi) is 6.17. The molecule has 0 saturated carbocycles. The molecule has 154 valence electrons. The number of hydrogen-bond acceptors (Lipinski definition) is 4. The Hall–Kier alpha value is -3.66. The molecule has 0 radical (unpaired) electrons. The van der Waals surface area contributed by atoms with Gasteiger partial charge in [0.05, 0.1) is 12.5 Å². The van der Waals surface area contributed by atoms with E-state index in [2.05, 4.69) is 0 Å². The Labute approximate surface area is 176 Å². The van der Waals surface area contributed by atoms with Crippen LogP contribution in [0.3, 0.4) is 0 Å². The Morgan fingerprint density at radius 2 is 1.80 bits per heavy atom. The Morgan fingerprint density at radius 3 is 2.43 bits per heavy atom. The zero-order chi connectivity index (χ0) is 21.8. The van der Waals surface area contributed by atoms with Crippen molar-refractivity contribution >= 4 is 29.2 Å². The highest BCUT2D eigenvalue weighted by Crippen LogP contribution is 2.26. The van der Waals surface area contributed by atoms with Gasteiger partial charge in [0.15, 0.2) is 0 Å². The number of aryl methyl sites for hydroxylation is 2. The molecule has 2 aromatic rings. The Morgan fingerprint density at radius 1 is 1.10 bits per heavy atom. The van der Waals surface area contributed by atoms with Crippen LogP contribution < -0.4 is 9.80 Å². The maximum atomic E-state index is 13.1. The minimum Gasteiger partial charge on any atom is -0.310 e. The molecule has 0 aromatic heterocycles. The summed E-state index contributed by atoms with van der Waals surface area (Å²) >= 11 is 0. The van der Waals surface area contributed by atoms with Gasteiger partial charge in [0.2, 0.25) is 5.91 Å². The molecule has 1 aliphatic heterocycles. The van der Waals surface area contributed by atoms with Crippen LogP contribution in [0.25, 0.3) is 0 Å². The van der Waals surface area contributed by atoms with Gasteiger partial charge in [0, 0.05) is 17.9 Å². The van der Waals surface area contributed by atoms with E-state index in [-0.39, 0.29) is 19.5 Å². The van der Waals surface area contributed by atoms with Crippen molar-refractivity contribution < 1.29 is 14.4 Å². The summed E-state index contributed by atoms with van der Waals surface area (Å²) < 4.78 is 0. The van der Waals surface area contributed by atoms with Gasteiger partial charge in [-0.15, -0.1) is 0 Å². The van der Waals surface area contributed by atoms with Crippen LogP contribution in [0.4, 0.5) is 16.2 Å². The number of hydrogen-bond donors (Lipinski definition) is 0. The van der Waals surface area contributed by atoms with Crippen LogP contribution in [0.2, 0.25) is 0 Å². The first kappa shape index (κ1) is 21.1. The van der Waals surface area contributed by atoms with E-state index in [4.69, 9.17) is 5.26 Å². The van der Waals surface area contributed by atoms with Gasteiger partial charge in [-0.25, -0.2) is 4.79 Å². The molecular weight excluding hydrogens is 380 g/mol. The summed E-state index contributed by atoms with van der Waals surface area (Å²) in [7, 11) is 0. The molecule has 1 aliphatic rings.